The van der Waals surface area contributed by atoms with Crippen molar-refractivity contribution in [3.63, 3.8) is 0 Å². The summed E-state index contributed by atoms with van der Waals surface area (Å²) >= 11 is 0. The maximum atomic E-state index is 11.8. The molecule has 2 aliphatic rings. The summed E-state index contributed by atoms with van der Waals surface area (Å²) in [6, 6.07) is 0. The van der Waals surface area contributed by atoms with Gasteiger partial charge in [0.05, 0.1) is 6.61 Å². The van der Waals surface area contributed by atoms with Gasteiger partial charge in [0.25, 0.3) is 0 Å². The monoisotopic (exact) mass is 254 g/mol. The average Bonchev–Trinajstić information content (AvgIpc) is 3.13. The van der Waals surface area contributed by atoms with Gasteiger partial charge in [0.2, 0.25) is 0 Å². The smallest absolute Gasteiger partial charge is 0.327 e. The van der Waals surface area contributed by atoms with Gasteiger partial charge >= 0.3 is 5.97 Å². The lowest BCUT2D eigenvalue weighted by Crippen LogP contribution is -2.55. The second-order valence-electron chi connectivity index (χ2n) is 6.22. The predicted octanol–water partition coefficient (Wildman–Crippen LogP) is 1.39. The zero-order chi connectivity index (χ0) is 13.2. The molecule has 1 atom stereocenters. The lowest BCUT2D eigenvalue weighted by molar-refractivity contribution is -0.149. The van der Waals surface area contributed by atoms with Gasteiger partial charge in [-0.2, -0.15) is 0 Å². The summed E-state index contributed by atoms with van der Waals surface area (Å²) in [7, 11) is 0. The topological polar surface area (TPSA) is 55.6 Å². The van der Waals surface area contributed by atoms with Gasteiger partial charge in [-0.3, -0.25) is 4.79 Å². The minimum atomic E-state index is -0.875. The molecule has 0 aromatic heterocycles. The summed E-state index contributed by atoms with van der Waals surface area (Å²) in [6.07, 6.45) is 5.34. The lowest BCUT2D eigenvalue weighted by Gasteiger charge is -2.31. The fourth-order valence-corrected chi connectivity index (χ4v) is 2.36. The largest absolute Gasteiger partial charge is 0.465 e. The van der Waals surface area contributed by atoms with Gasteiger partial charge in [0.1, 0.15) is 5.54 Å². The van der Waals surface area contributed by atoms with E-state index in [1.54, 1.807) is 6.92 Å². The summed E-state index contributed by atoms with van der Waals surface area (Å²) in [4.78, 5) is 14.2. The molecule has 0 amide bonds. The quantitative estimate of drug-likeness (QED) is 0.665. The van der Waals surface area contributed by atoms with Crippen molar-refractivity contribution in [1.82, 2.24) is 4.90 Å². The van der Waals surface area contributed by atoms with Gasteiger partial charge in [-0.25, -0.2) is 0 Å². The van der Waals surface area contributed by atoms with Crippen molar-refractivity contribution in [3.8, 4) is 0 Å². The molecule has 2 N–H and O–H groups in total. The van der Waals surface area contributed by atoms with Crippen molar-refractivity contribution in [2.45, 2.75) is 45.1 Å². The van der Waals surface area contributed by atoms with E-state index in [4.69, 9.17) is 10.5 Å². The first kappa shape index (κ1) is 13.8. The number of nitrogens with zero attached hydrogens (tertiary/aromatic N) is 1. The molecule has 2 fully saturated rings. The molecule has 4 nitrogen and oxygen atoms in total. The van der Waals surface area contributed by atoms with Gasteiger partial charge in [-0.1, -0.05) is 0 Å². The number of ether oxygens (including phenoxy) is 1. The number of esters is 1. The lowest BCUT2D eigenvalue weighted by atomic mass is 10.0. The van der Waals surface area contributed by atoms with Gasteiger partial charge in [0, 0.05) is 19.6 Å². The van der Waals surface area contributed by atoms with Crippen LogP contribution in [0, 0.1) is 11.8 Å². The molecule has 0 radical (unpaired) electrons. The first-order valence-electron chi connectivity index (χ1n) is 7.19. The Hall–Kier alpha value is -0.610. The normalized spacial score (nSPS) is 22.9. The summed E-state index contributed by atoms with van der Waals surface area (Å²) < 4.78 is 5.06. The van der Waals surface area contributed by atoms with Crippen molar-refractivity contribution in [3.05, 3.63) is 0 Å². The first-order valence-corrected chi connectivity index (χ1v) is 7.19. The van der Waals surface area contributed by atoms with Crippen LogP contribution in [0.1, 0.15) is 39.5 Å². The van der Waals surface area contributed by atoms with Crippen LogP contribution in [-0.2, 0) is 9.53 Å². The molecular weight excluding hydrogens is 228 g/mol. The molecule has 18 heavy (non-hydrogen) atoms. The van der Waals surface area contributed by atoms with Crippen molar-refractivity contribution >= 4 is 5.97 Å². The highest BCUT2D eigenvalue weighted by Gasteiger charge is 2.36. The zero-order valence-electron chi connectivity index (χ0n) is 11.7. The van der Waals surface area contributed by atoms with Gasteiger partial charge in [-0.05, 0) is 51.4 Å². The van der Waals surface area contributed by atoms with Crippen molar-refractivity contribution < 1.29 is 9.53 Å². The van der Waals surface area contributed by atoms with E-state index in [0.717, 1.165) is 24.9 Å². The number of nitrogens with two attached hydrogens (primary N) is 1. The molecule has 4 heteroatoms. The Kier molecular flexibility index (Phi) is 4.28. The first-order chi connectivity index (χ1) is 8.51. The molecule has 0 aromatic carbocycles. The van der Waals surface area contributed by atoms with E-state index in [2.05, 4.69) is 4.90 Å². The highest BCUT2D eigenvalue weighted by atomic mass is 16.5. The summed E-state index contributed by atoms with van der Waals surface area (Å²) in [6.45, 7) is 6.83. The molecule has 1 unspecified atom stereocenters. The van der Waals surface area contributed by atoms with E-state index in [-0.39, 0.29) is 5.97 Å². The van der Waals surface area contributed by atoms with Gasteiger partial charge in [-0.15, -0.1) is 0 Å². The molecule has 0 bridgehead atoms. The molecule has 0 spiro atoms. The second-order valence-corrected chi connectivity index (χ2v) is 6.22. The van der Waals surface area contributed by atoms with Crippen molar-refractivity contribution in [1.29, 1.82) is 0 Å². The Morgan fingerprint density at radius 3 is 2.17 bits per heavy atom. The van der Waals surface area contributed by atoms with Crippen LogP contribution in [0.5, 0.6) is 0 Å². The van der Waals surface area contributed by atoms with Crippen LogP contribution < -0.4 is 5.73 Å². The molecular formula is C14H26N2O2. The Bertz CT molecular complexity index is 282. The molecule has 104 valence electrons. The Morgan fingerprint density at radius 2 is 1.78 bits per heavy atom. The molecule has 2 aliphatic carbocycles. The van der Waals surface area contributed by atoms with E-state index in [0.29, 0.717) is 13.2 Å². The van der Waals surface area contributed by atoms with E-state index >= 15 is 0 Å². The third kappa shape index (κ3) is 4.25. The van der Waals surface area contributed by atoms with Crippen LogP contribution in [0.4, 0.5) is 0 Å². The number of rotatable bonds is 8. The SMILES string of the molecule is CCOC(=O)C(C)(N)CN(CC1CC1)CC1CC1. The Balaban J connectivity index is 1.85. The van der Waals surface area contributed by atoms with E-state index in [9.17, 15) is 4.79 Å². The molecule has 2 saturated carbocycles. The second kappa shape index (κ2) is 5.57. The van der Waals surface area contributed by atoms with Gasteiger partial charge in [0.15, 0.2) is 0 Å². The average molecular weight is 254 g/mol. The van der Waals surface area contributed by atoms with Crippen LogP contribution in [-0.4, -0.2) is 42.6 Å². The van der Waals surface area contributed by atoms with Crippen molar-refractivity contribution in [2.75, 3.05) is 26.2 Å². The summed E-state index contributed by atoms with van der Waals surface area (Å²) in [5.41, 5.74) is 5.25. The fraction of sp³-hybridized carbons (Fsp3) is 0.929. The van der Waals surface area contributed by atoms with Gasteiger partial charge < -0.3 is 15.4 Å². The zero-order valence-corrected chi connectivity index (χ0v) is 11.7. The highest BCUT2D eigenvalue weighted by molar-refractivity contribution is 5.80. The Labute approximate surface area is 110 Å². The number of hydrogen-bond acceptors (Lipinski definition) is 4. The van der Waals surface area contributed by atoms with Crippen LogP contribution in [0.15, 0.2) is 0 Å². The minimum Gasteiger partial charge on any atom is -0.465 e. The number of carbonyl (C=O) groups is 1. The van der Waals surface area contributed by atoms with E-state index < -0.39 is 5.54 Å². The maximum absolute atomic E-state index is 11.8. The minimum absolute atomic E-state index is 0.276. The third-order valence-electron chi connectivity index (χ3n) is 3.72. The number of carbonyl (C=O) groups excluding carboxylic acids is 1. The predicted molar refractivity (Wildman–Crippen MR) is 71.1 cm³/mol. The fourth-order valence-electron chi connectivity index (χ4n) is 2.36. The Morgan fingerprint density at radius 1 is 1.28 bits per heavy atom. The molecule has 0 aliphatic heterocycles. The van der Waals surface area contributed by atoms with Crippen LogP contribution in [0.3, 0.4) is 0 Å². The third-order valence-corrected chi connectivity index (χ3v) is 3.72. The molecule has 0 saturated heterocycles. The van der Waals surface area contributed by atoms with E-state index in [1.165, 1.54) is 25.7 Å². The standard InChI is InChI=1S/C14H26N2O2/c1-3-18-13(17)14(2,15)10-16(8-11-4-5-11)9-12-6-7-12/h11-12H,3-10,15H2,1-2H3. The highest BCUT2D eigenvalue weighted by Crippen LogP contribution is 2.34. The van der Waals surface area contributed by atoms with Crippen LogP contribution in [0.25, 0.3) is 0 Å². The summed E-state index contributed by atoms with van der Waals surface area (Å²) in [5, 5.41) is 0. The summed E-state index contributed by atoms with van der Waals surface area (Å²) in [5.74, 6) is 1.39. The van der Waals surface area contributed by atoms with Crippen molar-refractivity contribution in [2.24, 2.45) is 17.6 Å². The van der Waals surface area contributed by atoms with E-state index in [1.807, 2.05) is 6.92 Å². The molecule has 0 heterocycles. The number of hydrogen-bond donors (Lipinski definition) is 1. The molecule has 2 rings (SSSR count). The van der Waals surface area contributed by atoms with Crippen LogP contribution in [0.2, 0.25) is 0 Å². The molecule has 0 aromatic rings. The maximum Gasteiger partial charge on any atom is 0.327 e. The van der Waals surface area contributed by atoms with Crippen LogP contribution >= 0.6 is 0 Å².